The van der Waals surface area contributed by atoms with E-state index in [-0.39, 0.29) is 3.91 Å². The summed E-state index contributed by atoms with van der Waals surface area (Å²) in [4.78, 5) is 11.7. The van der Waals surface area contributed by atoms with Crippen LogP contribution in [0, 0.1) is 0 Å². The zero-order chi connectivity index (χ0) is 14.5. The van der Waals surface area contributed by atoms with Crippen molar-refractivity contribution in [2.45, 2.75) is 23.7 Å². The molecule has 0 saturated heterocycles. The molecule has 0 aliphatic carbocycles. The first-order valence-electron chi connectivity index (χ1n) is 7.14. The molecule has 0 radical (unpaired) electrons. The average Bonchev–Trinajstić information content (AvgIpc) is 2.49. The van der Waals surface area contributed by atoms with Gasteiger partial charge in [-0.25, -0.2) is 0 Å². The van der Waals surface area contributed by atoms with Gasteiger partial charge in [0.05, 0.1) is 0 Å². The molecule has 0 heterocycles. The fourth-order valence-corrected chi connectivity index (χ4v) is 3.51. The zero-order valence-electron chi connectivity index (χ0n) is 11.9. The van der Waals surface area contributed by atoms with E-state index in [9.17, 15) is 4.79 Å². The number of hydrogen-bond acceptors (Lipinski definition) is 3. The van der Waals surface area contributed by atoms with E-state index in [2.05, 4.69) is 22.8 Å². The van der Waals surface area contributed by atoms with Crippen LogP contribution in [0.1, 0.15) is 24.8 Å². The summed E-state index contributed by atoms with van der Waals surface area (Å²) in [5, 5.41) is 6.36. The summed E-state index contributed by atoms with van der Waals surface area (Å²) in [6.45, 7) is 3.52. The maximum absolute atomic E-state index is 11.7. The van der Waals surface area contributed by atoms with Crippen molar-refractivity contribution in [1.82, 2.24) is 10.6 Å². The van der Waals surface area contributed by atoms with Gasteiger partial charge in [0.25, 0.3) is 0 Å². The van der Waals surface area contributed by atoms with Crippen LogP contribution in [0.15, 0.2) is 30.3 Å². The molecule has 0 fully saturated rings. The first-order valence-corrected chi connectivity index (χ1v) is 9.75. The Labute approximate surface area is 132 Å². The number of rotatable bonds is 11. The van der Waals surface area contributed by atoms with E-state index in [1.165, 1.54) is 5.56 Å². The first-order chi connectivity index (χ1) is 9.83. The van der Waals surface area contributed by atoms with Crippen LogP contribution < -0.4 is 37.6 Å². The molecule has 0 aliphatic heterocycles. The molecule has 5 heteroatoms. The van der Waals surface area contributed by atoms with Gasteiger partial charge in [-0.15, -0.1) is 0 Å². The third kappa shape index (κ3) is 9.28. The van der Waals surface area contributed by atoms with E-state index in [1.54, 1.807) is 0 Å². The summed E-state index contributed by atoms with van der Waals surface area (Å²) in [5.74, 6) is 0. The number of hydrogen-bond donors (Lipinski definition) is 3. The van der Waals surface area contributed by atoms with Crippen LogP contribution >= 0.6 is 0 Å². The van der Waals surface area contributed by atoms with Gasteiger partial charge in [-0.1, -0.05) is 0 Å². The van der Waals surface area contributed by atoms with Crippen LogP contribution in [-0.2, 0) is 4.43 Å². The second kappa shape index (κ2) is 12.1. The van der Waals surface area contributed by atoms with Crippen molar-refractivity contribution >= 4 is 3.91 Å². The Bertz CT molecular complexity index is 359. The Morgan fingerprint density at radius 1 is 1.05 bits per heavy atom. The predicted octanol–water partition coefficient (Wildman–Crippen LogP) is -1.30. The van der Waals surface area contributed by atoms with Crippen molar-refractivity contribution < 1.29 is 26.0 Å². The molecule has 20 heavy (non-hydrogen) atoms. The van der Waals surface area contributed by atoms with Crippen LogP contribution in [0.4, 0.5) is 4.79 Å². The zero-order valence-corrected chi connectivity index (χ0v) is 14.1. The third-order valence-corrected chi connectivity index (χ3v) is 5.12. The van der Waals surface area contributed by atoms with Gasteiger partial charge in [0.1, 0.15) is 0 Å². The van der Waals surface area contributed by atoms with Crippen molar-refractivity contribution in [3.05, 3.63) is 35.9 Å². The van der Waals surface area contributed by atoms with E-state index >= 15 is 0 Å². The number of nitrogens with two attached hydrogens (primary N) is 1. The number of benzene rings is 1. The van der Waals surface area contributed by atoms with Crippen molar-refractivity contribution in [2.75, 3.05) is 26.2 Å². The molecule has 0 saturated carbocycles. The molecule has 0 atom stereocenters. The number of carbonyl (C=O) groups is 1. The van der Waals surface area contributed by atoms with Crippen LogP contribution in [-0.4, -0.2) is 30.1 Å². The average molecular weight is 390 g/mol. The summed E-state index contributed by atoms with van der Waals surface area (Å²) in [5.41, 5.74) is 6.68. The van der Waals surface area contributed by atoms with Gasteiger partial charge in [0.15, 0.2) is 0 Å². The van der Waals surface area contributed by atoms with E-state index in [0.29, 0.717) is 0 Å². The molecule has 1 amide bonds. The standard InChI is InChI=1S/C15H25IN3O/c17-9-4-5-10-18-11-6-12-19-15(20)16-13-14-7-2-1-3-8-14/h1-3,7-8,18H,4-6,9-13,17H2,(H,19,20)/q-1. The van der Waals surface area contributed by atoms with Gasteiger partial charge in [-0.3, -0.25) is 0 Å². The van der Waals surface area contributed by atoms with Crippen LogP contribution in [0.5, 0.6) is 0 Å². The maximum atomic E-state index is 11.7. The second-order valence-corrected chi connectivity index (χ2v) is 7.06. The van der Waals surface area contributed by atoms with E-state index in [1.807, 2.05) is 18.2 Å². The summed E-state index contributed by atoms with van der Waals surface area (Å²) in [7, 11) is 0. The molecule has 1 rings (SSSR count). The van der Waals surface area contributed by atoms with Crippen LogP contribution in [0.2, 0.25) is 0 Å². The number of alkyl halides is 1. The Morgan fingerprint density at radius 2 is 1.80 bits per heavy atom. The summed E-state index contributed by atoms with van der Waals surface area (Å²) >= 11 is -0.435. The topological polar surface area (TPSA) is 67.2 Å². The van der Waals surface area contributed by atoms with Crippen molar-refractivity contribution in [1.29, 1.82) is 0 Å². The molecule has 0 spiro atoms. The minimum absolute atomic E-state index is 0.246. The van der Waals surface area contributed by atoms with Crippen molar-refractivity contribution in [3.8, 4) is 0 Å². The van der Waals surface area contributed by atoms with Crippen LogP contribution in [0.3, 0.4) is 0 Å². The number of halogens is 1. The van der Waals surface area contributed by atoms with E-state index < -0.39 is 21.2 Å². The predicted molar refractivity (Wildman–Crippen MR) is 79.3 cm³/mol. The summed E-state index contributed by atoms with van der Waals surface area (Å²) in [6.07, 6.45) is 3.20. The number of amides is 1. The third-order valence-electron chi connectivity index (χ3n) is 2.79. The monoisotopic (exact) mass is 390 g/mol. The Hall–Kier alpha value is -0.660. The molecule has 4 N–H and O–H groups in total. The molecule has 0 aromatic heterocycles. The molecule has 4 nitrogen and oxygen atoms in total. The molecule has 1 aromatic carbocycles. The minimum atomic E-state index is -0.435. The SMILES string of the molecule is NCCCCNCCCNC(=O)[I-]Cc1ccccc1. The Kier molecular flexibility index (Phi) is 10.5. The quantitative estimate of drug-likeness (QED) is 0.145. The van der Waals surface area contributed by atoms with Gasteiger partial charge in [-0.2, -0.15) is 0 Å². The van der Waals surface area contributed by atoms with Crippen molar-refractivity contribution in [3.63, 3.8) is 0 Å². The summed E-state index contributed by atoms with van der Waals surface area (Å²) in [6, 6.07) is 10.2. The van der Waals surface area contributed by atoms with Gasteiger partial charge in [-0.05, 0) is 0 Å². The molecular formula is C15H25IN3O-. The molecule has 0 bridgehead atoms. The van der Waals surface area contributed by atoms with E-state index in [0.717, 1.165) is 49.9 Å². The fraction of sp³-hybridized carbons (Fsp3) is 0.533. The molecular weight excluding hydrogens is 365 g/mol. The van der Waals surface area contributed by atoms with Gasteiger partial charge in [0.2, 0.25) is 0 Å². The van der Waals surface area contributed by atoms with Gasteiger partial charge < -0.3 is 0 Å². The first kappa shape index (κ1) is 17.4. The normalized spacial score (nSPS) is 10.7. The fourth-order valence-electron chi connectivity index (χ4n) is 1.67. The van der Waals surface area contributed by atoms with Gasteiger partial charge in [0, 0.05) is 0 Å². The summed E-state index contributed by atoms with van der Waals surface area (Å²) < 4.78 is 1.17. The van der Waals surface area contributed by atoms with Gasteiger partial charge >= 0.3 is 132 Å². The second-order valence-electron chi connectivity index (χ2n) is 4.55. The van der Waals surface area contributed by atoms with Crippen LogP contribution in [0.25, 0.3) is 0 Å². The Balaban J connectivity index is 1.93. The molecule has 1 aromatic rings. The Morgan fingerprint density at radius 3 is 2.55 bits per heavy atom. The van der Waals surface area contributed by atoms with E-state index in [4.69, 9.17) is 5.73 Å². The molecule has 0 unspecified atom stereocenters. The van der Waals surface area contributed by atoms with Crippen molar-refractivity contribution in [2.24, 2.45) is 5.73 Å². The number of nitrogens with one attached hydrogen (secondary N) is 2. The number of carbonyl (C=O) groups excluding carboxylic acids is 1. The molecule has 114 valence electrons. The number of unbranched alkanes of at least 4 members (excludes halogenated alkanes) is 1. The molecule has 0 aliphatic rings.